The van der Waals surface area contributed by atoms with Crippen LogP contribution in [0.2, 0.25) is 0 Å². The summed E-state index contributed by atoms with van der Waals surface area (Å²) in [5.74, 6) is 2.48. The first-order valence-electron chi connectivity index (χ1n) is 9.11. The summed E-state index contributed by atoms with van der Waals surface area (Å²) in [6.07, 6.45) is 5.14. The standard InChI is InChI=1S/C18H27N7O.HI/c1-14-23-24-17(25(14)2)13-22-18(21-12-16-7-5-11-26-16)20-10-8-15-6-3-4-9-19-15;/h3-4,6,9,16H,5,7-8,10-13H2,1-2H3,(H2,20,21,22);1H. The number of aliphatic imine (C=N–C) groups is 1. The van der Waals surface area contributed by atoms with Crippen molar-refractivity contribution in [2.45, 2.75) is 38.8 Å². The molecule has 1 unspecified atom stereocenters. The van der Waals surface area contributed by atoms with Crippen LogP contribution in [0.4, 0.5) is 0 Å². The van der Waals surface area contributed by atoms with Gasteiger partial charge in [-0.25, -0.2) is 4.99 Å². The molecule has 2 aromatic heterocycles. The van der Waals surface area contributed by atoms with E-state index >= 15 is 0 Å². The van der Waals surface area contributed by atoms with Gasteiger partial charge in [0.05, 0.1) is 6.10 Å². The summed E-state index contributed by atoms with van der Waals surface area (Å²) < 4.78 is 7.63. The molecule has 0 amide bonds. The monoisotopic (exact) mass is 485 g/mol. The highest BCUT2D eigenvalue weighted by molar-refractivity contribution is 14.0. The second kappa shape index (κ2) is 11.2. The van der Waals surface area contributed by atoms with Crippen LogP contribution >= 0.6 is 24.0 Å². The number of ether oxygens (including phenoxy) is 1. The molecule has 0 bridgehead atoms. The van der Waals surface area contributed by atoms with E-state index in [-0.39, 0.29) is 30.1 Å². The number of hydrogen-bond acceptors (Lipinski definition) is 5. The quantitative estimate of drug-likeness (QED) is 0.352. The van der Waals surface area contributed by atoms with E-state index in [9.17, 15) is 0 Å². The second-order valence-corrected chi connectivity index (χ2v) is 6.40. The van der Waals surface area contributed by atoms with Crippen molar-refractivity contribution in [3.05, 3.63) is 41.7 Å². The van der Waals surface area contributed by atoms with Gasteiger partial charge in [0.25, 0.3) is 0 Å². The average Bonchev–Trinajstić information content (AvgIpc) is 3.29. The topological polar surface area (TPSA) is 89.2 Å². The van der Waals surface area contributed by atoms with E-state index in [0.717, 1.165) is 62.3 Å². The lowest BCUT2D eigenvalue weighted by Gasteiger charge is -2.15. The lowest BCUT2D eigenvalue weighted by Crippen LogP contribution is -2.42. The van der Waals surface area contributed by atoms with Gasteiger partial charge in [0, 0.05) is 45.1 Å². The molecule has 148 valence electrons. The predicted octanol–water partition coefficient (Wildman–Crippen LogP) is 1.59. The number of rotatable bonds is 7. The van der Waals surface area contributed by atoms with Crippen molar-refractivity contribution in [2.75, 3.05) is 19.7 Å². The van der Waals surface area contributed by atoms with Gasteiger partial charge in [-0.2, -0.15) is 0 Å². The third-order valence-electron chi connectivity index (χ3n) is 4.48. The van der Waals surface area contributed by atoms with Crippen molar-refractivity contribution in [2.24, 2.45) is 12.0 Å². The number of nitrogens with one attached hydrogen (secondary N) is 2. The van der Waals surface area contributed by atoms with Gasteiger partial charge in [-0.15, -0.1) is 34.2 Å². The van der Waals surface area contributed by atoms with E-state index in [1.54, 1.807) is 0 Å². The summed E-state index contributed by atoms with van der Waals surface area (Å²) in [4.78, 5) is 9.01. The van der Waals surface area contributed by atoms with Crippen LogP contribution in [0.5, 0.6) is 0 Å². The molecule has 0 saturated carbocycles. The molecule has 3 heterocycles. The number of pyridine rings is 1. The van der Waals surface area contributed by atoms with E-state index in [1.165, 1.54) is 0 Å². The van der Waals surface area contributed by atoms with Crippen molar-refractivity contribution in [3.8, 4) is 0 Å². The molecule has 3 rings (SSSR count). The van der Waals surface area contributed by atoms with Gasteiger partial charge in [-0.05, 0) is 31.9 Å². The van der Waals surface area contributed by atoms with E-state index in [1.807, 2.05) is 42.9 Å². The molecule has 0 spiro atoms. The summed E-state index contributed by atoms with van der Waals surface area (Å²) in [6.45, 7) is 4.77. The maximum Gasteiger partial charge on any atom is 0.191 e. The number of nitrogens with zero attached hydrogens (tertiary/aromatic N) is 5. The fraction of sp³-hybridized carbons (Fsp3) is 0.556. The molecule has 1 aliphatic rings. The summed E-state index contributed by atoms with van der Waals surface area (Å²) in [7, 11) is 1.95. The van der Waals surface area contributed by atoms with Crippen molar-refractivity contribution >= 4 is 29.9 Å². The molecule has 0 aromatic carbocycles. The van der Waals surface area contributed by atoms with Crippen LogP contribution in [-0.2, 0) is 24.8 Å². The maximum atomic E-state index is 5.68. The van der Waals surface area contributed by atoms with E-state index in [0.29, 0.717) is 6.54 Å². The molecule has 1 aliphatic heterocycles. The van der Waals surface area contributed by atoms with Gasteiger partial charge in [-0.1, -0.05) is 6.07 Å². The molecule has 0 radical (unpaired) electrons. The van der Waals surface area contributed by atoms with Gasteiger partial charge < -0.3 is 19.9 Å². The van der Waals surface area contributed by atoms with Gasteiger partial charge in [0.15, 0.2) is 11.8 Å². The first kappa shape index (κ1) is 21.5. The number of hydrogen-bond donors (Lipinski definition) is 2. The Morgan fingerprint density at radius 2 is 2.22 bits per heavy atom. The molecular weight excluding hydrogens is 457 g/mol. The minimum atomic E-state index is 0. The van der Waals surface area contributed by atoms with Gasteiger partial charge in [0.2, 0.25) is 0 Å². The molecule has 2 aromatic rings. The van der Waals surface area contributed by atoms with Crippen LogP contribution in [0.3, 0.4) is 0 Å². The summed E-state index contributed by atoms with van der Waals surface area (Å²) >= 11 is 0. The van der Waals surface area contributed by atoms with E-state index < -0.39 is 0 Å². The molecule has 0 aliphatic carbocycles. The normalized spacial score (nSPS) is 16.8. The molecule has 1 saturated heterocycles. The Labute approximate surface area is 177 Å². The van der Waals surface area contributed by atoms with E-state index in [2.05, 4.69) is 30.8 Å². The van der Waals surface area contributed by atoms with E-state index in [4.69, 9.17) is 4.74 Å². The Hall–Kier alpha value is -1.75. The zero-order chi connectivity index (χ0) is 18.2. The summed E-state index contributed by atoms with van der Waals surface area (Å²) in [6, 6.07) is 5.96. The minimum absolute atomic E-state index is 0. The first-order valence-corrected chi connectivity index (χ1v) is 9.11. The zero-order valence-corrected chi connectivity index (χ0v) is 18.2. The molecule has 1 atom stereocenters. The van der Waals surface area contributed by atoms with Crippen LogP contribution in [0.15, 0.2) is 29.4 Å². The number of aromatic nitrogens is 4. The summed E-state index contributed by atoms with van der Waals surface area (Å²) in [5, 5.41) is 15.0. The van der Waals surface area contributed by atoms with Crippen LogP contribution in [0.25, 0.3) is 0 Å². The molecule has 2 N–H and O–H groups in total. The largest absolute Gasteiger partial charge is 0.376 e. The van der Waals surface area contributed by atoms with Crippen LogP contribution in [0.1, 0.15) is 30.2 Å². The zero-order valence-electron chi connectivity index (χ0n) is 15.9. The number of halogens is 1. The average molecular weight is 485 g/mol. The highest BCUT2D eigenvalue weighted by Crippen LogP contribution is 2.10. The Bertz CT molecular complexity index is 714. The van der Waals surface area contributed by atoms with Crippen molar-refractivity contribution < 1.29 is 4.74 Å². The van der Waals surface area contributed by atoms with Crippen LogP contribution < -0.4 is 10.6 Å². The predicted molar refractivity (Wildman–Crippen MR) is 115 cm³/mol. The maximum absolute atomic E-state index is 5.68. The van der Waals surface area contributed by atoms with Crippen LogP contribution in [-0.4, -0.2) is 51.5 Å². The SMILES string of the molecule is Cc1nnc(CN=C(NCCc2ccccn2)NCC2CCCO2)n1C.I. The molecule has 1 fully saturated rings. The third kappa shape index (κ3) is 6.73. The van der Waals surface area contributed by atoms with Crippen molar-refractivity contribution in [1.29, 1.82) is 0 Å². The smallest absolute Gasteiger partial charge is 0.191 e. The first-order chi connectivity index (χ1) is 12.7. The number of guanidine groups is 1. The third-order valence-corrected chi connectivity index (χ3v) is 4.48. The number of aryl methyl sites for hydroxylation is 1. The lowest BCUT2D eigenvalue weighted by atomic mass is 10.2. The van der Waals surface area contributed by atoms with Crippen molar-refractivity contribution in [1.82, 2.24) is 30.4 Å². The van der Waals surface area contributed by atoms with Gasteiger partial charge in [-0.3, -0.25) is 4.98 Å². The fourth-order valence-electron chi connectivity index (χ4n) is 2.78. The van der Waals surface area contributed by atoms with Gasteiger partial charge in [0.1, 0.15) is 12.4 Å². The molecular formula is C18H28IN7O. The lowest BCUT2D eigenvalue weighted by molar-refractivity contribution is 0.114. The molecule has 27 heavy (non-hydrogen) atoms. The Morgan fingerprint density at radius 3 is 2.89 bits per heavy atom. The van der Waals surface area contributed by atoms with Gasteiger partial charge >= 0.3 is 0 Å². The Balaban J connectivity index is 0.00000261. The molecule has 9 heteroatoms. The minimum Gasteiger partial charge on any atom is -0.376 e. The Morgan fingerprint density at radius 1 is 1.33 bits per heavy atom. The van der Waals surface area contributed by atoms with Crippen LogP contribution in [0, 0.1) is 6.92 Å². The fourth-order valence-corrected chi connectivity index (χ4v) is 2.78. The Kier molecular flexibility index (Phi) is 8.92. The highest BCUT2D eigenvalue weighted by atomic mass is 127. The summed E-state index contributed by atoms with van der Waals surface area (Å²) in [5.41, 5.74) is 1.06. The highest BCUT2D eigenvalue weighted by Gasteiger charge is 2.15. The molecule has 8 nitrogen and oxygen atoms in total. The van der Waals surface area contributed by atoms with Crippen molar-refractivity contribution in [3.63, 3.8) is 0 Å². The second-order valence-electron chi connectivity index (χ2n) is 6.40.